The fourth-order valence-electron chi connectivity index (χ4n) is 1.26. The molecule has 0 spiro atoms. The Hall–Kier alpha value is -2.00. The monoisotopic (exact) mass is 334 g/mol. The van der Waals surface area contributed by atoms with Crippen LogP contribution in [0.2, 0.25) is 0 Å². The standard InChI is InChI=1S/C12H9F7O3/c1-21-8-4-2-7(3-5-8)9(20)22-6-10(13,14)11(15,16)12(17,18)19/h2-5H,6H2,1H3. The van der Waals surface area contributed by atoms with E-state index in [9.17, 15) is 35.5 Å². The summed E-state index contributed by atoms with van der Waals surface area (Å²) in [5, 5.41) is 0. The molecule has 0 aliphatic carbocycles. The molecule has 0 bridgehead atoms. The molecule has 3 nitrogen and oxygen atoms in total. The number of hydrogen-bond donors (Lipinski definition) is 0. The molecular weight excluding hydrogens is 325 g/mol. The molecule has 1 aromatic carbocycles. The number of ether oxygens (including phenoxy) is 2. The normalized spacial score (nSPS) is 12.9. The van der Waals surface area contributed by atoms with Gasteiger partial charge in [0.1, 0.15) is 5.75 Å². The van der Waals surface area contributed by atoms with Crippen LogP contribution in [0, 0.1) is 0 Å². The summed E-state index contributed by atoms with van der Waals surface area (Å²) in [6, 6.07) is 4.64. The average molecular weight is 334 g/mol. The summed E-state index contributed by atoms with van der Waals surface area (Å²) in [7, 11) is 1.31. The Labute approximate surface area is 119 Å². The second kappa shape index (κ2) is 6.01. The van der Waals surface area contributed by atoms with Gasteiger partial charge in [0, 0.05) is 0 Å². The van der Waals surface area contributed by atoms with E-state index in [1.54, 1.807) is 0 Å². The molecule has 124 valence electrons. The van der Waals surface area contributed by atoms with Crippen LogP contribution in [0.1, 0.15) is 10.4 Å². The van der Waals surface area contributed by atoms with Crippen molar-refractivity contribution < 1.29 is 45.0 Å². The largest absolute Gasteiger partial charge is 0.497 e. The molecule has 0 heterocycles. The minimum atomic E-state index is -6.47. The van der Waals surface area contributed by atoms with E-state index >= 15 is 0 Å². The minimum Gasteiger partial charge on any atom is -0.497 e. The third kappa shape index (κ3) is 3.60. The molecular formula is C12H9F7O3. The maximum absolute atomic E-state index is 12.9. The summed E-state index contributed by atoms with van der Waals surface area (Å²) in [5.41, 5.74) is -0.313. The lowest BCUT2D eigenvalue weighted by Crippen LogP contribution is -2.54. The zero-order valence-corrected chi connectivity index (χ0v) is 10.9. The van der Waals surface area contributed by atoms with Gasteiger partial charge in [-0.1, -0.05) is 0 Å². The van der Waals surface area contributed by atoms with Crippen LogP contribution in [0.15, 0.2) is 24.3 Å². The first-order valence-corrected chi connectivity index (χ1v) is 5.56. The van der Waals surface area contributed by atoms with Crippen LogP contribution in [0.3, 0.4) is 0 Å². The summed E-state index contributed by atoms with van der Waals surface area (Å²) in [4.78, 5) is 11.3. The van der Waals surface area contributed by atoms with Crippen LogP contribution in [-0.4, -0.2) is 37.7 Å². The van der Waals surface area contributed by atoms with Gasteiger partial charge in [0.2, 0.25) is 0 Å². The van der Waals surface area contributed by atoms with Gasteiger partial charge >= 0.3 is 24.0 Å². The van der Waals surface area contributed by atoms with Crippen molar-refractivity contribution in [2.45, 2.75) is 18.0 Å². The lowest BCUT2D eigenvalue weighted by molar-refractivity contribution is -0.359. The third-order valence-corrected chi connectivity index (χ3v) is 2.53. The van der Waals surface area contributed by atoms with Crippen molar-refractivity contribution in [3.05, 3.63) is 29.8 Å². The number of halogens is 7. The number of hydrogen-bond acceptors (Lipinski definition) is 3. The Morgan fingerprint density at radius 1 is 1.00 bits per heavy atom. The van der Waals surface area contributed by atoms with Crippen LogP contribution >= 0.6 is 0 Å². The Balaban J connectivity index is 2.77. The van der Waals surface area contributed by atoms with Crippen molar-refractivity contribution >= 4 is 5.97 Å². The number of rotatable bonds is 5. The van der Waals surface area contributed by atoms with Gasteiger partial charge in [-0.3, -0.25) is 0 Å². The van der Waals surface area contributed by atoms with E-state index in [0.717, 1.165) is 12.1 Å². The van der Waals surface area contributed by atoms with Crippen molar-refractivity contribution in [2.75, 3.05) is 13.7 Å². The van der Waals surface area contributed by atoms with Gasteiger partial charge in [0.15, 0.2) is 6.61 Å². The quantitative estimate of drug-likeness (QED) is 0.609. The third-order valence-electron chi connectivity index (χ3n) is 2.53. The van der Waals surface area contributed by atoms with E-state index in [0.29, 0.717) is 5.75 Å². The molecule has 1 aromatic rings. The highest BCUT2D eigenvalue weighted by Crippen LogP contribution is 2.46. The van der Waals surface area contributed by atoms with Gasteiger partial charge in [-0.05, 0) is 24.3 Å². The number of carbonyl (C=O) groups is 1. The average Bonchev–Trinajstić information content (AvgIpc) is 2.43. The summed E-state index contributed by atoms with van der Waals surface area (Å²) in [6.45, 7) is -2.41. The first-order valence-electron chi connectivity index (χ1n) is 5.56. The van der Waals surface area contributed by atoms with E-state index in [1.807, 2.05) is 0 Å². The molecule has 0 amide bonds. The van der Waals surface area contributed by atoms with Crippen LogP contribution in [0.25, 0.3) is 0 Å². The van der Waals surface area contributed by atoms with E-state index in [4.69, 9.17) is 4.74 Å². The van der Waals surface area contributed by atoms with E-state index in [2.05, 4.69) is 4.74 Å². The van der Waals surface area contributed by atoms with E-state index in [1.165, 1.54) is 19.2 Å². The molecule has 0 atom stereocenters. The topological polar surface area (TPSA) is 35.5 Å². The van der Waals surface area contributed by atoms with Crippen molar-refractivity contribution in [3.63, 3.8) is 0 Å². The van der Waals surface area contributed by atoms with Gasteiger partial charge in [0.05, 0.1) is 12.7 Å². The van der Waals surface area contributed by atoms with Gasteiger partial charge in [-0.2, -0.15) is 30.7 Å². The van der Waals surface area contributed by atoms with Gasteiger partial charge in [-0.15, -0.1) is 0 Å². The molecule has 22 heavy (non-hydrogen) atoms. The highest BCUT2D eigenvalue weighted by atomic mass is 19.4. The van der Waals surface area contributed by atoms with Crippen LogP contribution in [0.5, 0.6) is 5.75 Å². The van der Waals surface area contributed by atoms with E-state index in [-0.39, 0.29) is 5.56 Å². The van der Waals surface area contributed by atoms with Crippen LogP contribution in [0.4, 0.5) is 30.7 Å². The molecule has 0 fully saturated rings. The number of benzene rings is 1. The minimum absolute atomic E-state index is 0.311. The summed E-state index contributed by atoms with van der Waals surface area (Å²) < 4.78 is 95.2. The predicted octanol–water partition coefficient (Wildman–Crippen LogP) is 3.68. The molecule has 0 aliphatic heterocycles. The summed E-state index contributed by atoms with van der Waals surface area (Å²) in [6.07, 6.45) is -6.47. The molecule has 0 unspecified atom stereocenters. The smallest absolute Gasteiger partial charge is 0.460 e. The Kier molecular flexibility index (Phi) is 4.93. The SMILES string of the molecule is COc1ccc(C(=O)OCC(F)(F)C(F)(F)C(F)(F)F)cc1. The lowest BCUT2D eigenvalue weighted by atomic mass is 10.1. The summed E-state index contributed by atoms with van der Waals surface area (Å²) >= 11 is 0. The zero-order chi connectivity index (χ0) is 17.2. The summed E-state index contributed by atoms with van der Waals surface area (Å²) in [5.74, 6) is -13.1. The number of carbonyl (C=O) groups excluding carboxylic acids is 1. The zero-order valence-electron chi connectivity index (χ0n) is 10.9. The Morgan fingerprint density at radius 3 is 1.91 bits per heavy atom. The van der Waals surface area contributed by atoms with Gasteiger partial charge in [-0.25, -0.2) is 4.79 Å². The van der Waals surface area contributed by atoms with Gasteiger partial charge < -0.3 is 9.47 Å². The van der Waals surface area contributed by atoms with Crippen molar-refractivity contribution in [3.8, 4) is 5.75 Å². The highest BCUT2D eigenvalue weighted by Gasteiger charge is 2.73. The van der Waals surface area contributed by atoms with Crippen molar-refractivity contribution in [2.24, 2.45) is 0 Å². The maximum Gasteiger partial charge on any atom is 0.460 e. The second-order valence-corrected chi connectivity index (χ2v) is 4.08. The number of alkyl halides is 7. The molecule has 0 N–H and O–H groups in total. The number of esters is 1. The van der Waals surface area contributed by atoms with E-state index < -0.39 is 30.6 Å². The van der Waals surface area contributed by atoms with Gasteiger partial charge in [0.25, 0.3) is 0 Å². The maximum atomic E-state index is 12.9. The molecule has 0 saturated heterocycles. The van der Waals surface area contributed by atoms with Crippen LogP contribution < -0.4 is 4.74 Å². The lowest BCUT2D eigenvalue weighted by Gasteiger charge is -2.27. The van der Waals surface area contributed by atoms with Crippen molar-refractivity contribution in [1.82, 2.24) is 0 Å². The molecule has 0 aromatic heterocycles. The molecule has 0 aliphatic rings. The molecule has 0 saturated carbocycles. The highest BCUT2D eigenvalue weighted by molar-refractivity contribution is 5.89. The molecule has 0 radical (unpaired) electrons. The number of methoxy groups -OCH3 is 1. The fraction of sp³-hybridized carbons (Fsp3) is 0.417. The Bertz CT molecular complexity index is 523. The fourth-order valence-corrected chi connectivity index (χ4v) is 1.26. The molecule has 1 rings (SSSR count). The molecule has 10 heteroatoms. The first kappa shape index (κ1) is 18.1. The second-order valence-electron chi connectivity index (χ2n) is 4.08. The van der Waals surface area contributed by atoms with Crippen molar-refractivity contribution in [1.29, 1.82) is 0 Å². The Morgan fingerprint density at radius 2 is 1.50 bits per heavy atom. The predicted molar refractivity (Wildman–Crippen MR) is 59.2 cm³/mol. The van der Waals surface area contributed by atoms with Crippen LogP contribution in [-0.2, 0) is 4.74 Å². The first-order chi connectivity index (χ1) is 9.92.